The molecule has 5 nitrogen and oxygen atoms in total. The Labute approximate surface area is 171 Å². The van der Waals surface area contributed by atoms with Gasteiger partial charge in [0.2, 0.25) is 0 Å². The van der Waals surface area contributed by atoms with Crippen LogP contribution in [0.25, 0.3) is 11.1 Å². The summed E-state index contributed by atoms with van der Waals surface area (Å²) in [4.78, 5) is 23.7. The topological polar surface area (TPSA) is 75.6 Å². The molecule has 2 aliphatic rings. The van der Waals surface area contributed by atoms with E-state index < -0.39 is 12.1 Å². The van der Waals surface area contributed by atoms with Crippen LogP contribution < -0.4 is 5.32 Å². The van der Waals surface area contributed by atoms with Crippen molar-refractivity contribution in [2.45, 2.75) is 50.5 Å². The number of carboxylic acid groups (broad SMARTS) is 1. The van der Waals surface area contributed by atoms with Gasteiger partial charge < -0.3 is 15.2 Å². The van der Waals surface area contributed by atoms with Crippen LogP contribution in [-0.2, 0) is 9.53 Å². The van der Waals surface area contributed by atoms with Crippen molar-refractivity contribution in [2.75, 3.05) is 6.61 Å². The number of fused-ring (bicyclic) bond motifs is 3. The molecule has 152 valence electrons. The van der Waals surface area contributed by atoms with Gasteiger partial charge in [-0.3, -0.25) is 4.79 Å². The highest BCUT2D eigenvalue weighted by atomic mass is 16.5. The Morgan fingerprint density at radius 1 is 1.00 bits per heavy atom. The normalized spacial score (nSPS) is 16.8. The van der Waals surface area contributed by atoms with Crippen LogP contribution in [0.1, 0.15) is 55.6 Å². The van der Waals surface area contributed by atoms with Crippen molar-refractivity contribution in [3.05, 3.63) is 59.7 Å². The van der Waals surface area contributed by atoms with Gasteiger partial charge in [-0.2, -0.15) is 0 Å². The van der Waals surface area contributed by atoms with E-state index in [9.17, 15) is 14.7 Å². The highest BCUT2D eigenvalue weighted by Gasteiger charge is 2.29. The molecule has 29 heavy (non-hydrogen) atoms. The molecule has 2 N–H and O–H groups in total. The van der Waals surface area contributed by atoms with E-state index in [4.69, 9.17) is 4.74 Å². The standard InChI is InChI=1S/C24H27NO4/c26-23(27)14-17(13-16-7-1-2-8-16)25-24(28)29-15-22-20-11-5-3-9-18(20)19-10-4-6-12-21(19)22/h3-6,9-12,16-17,22H,1-2,7-8,13-15H2,(H,25,28)(H,26,27)/t17-/m0/s1. The first-order chi connectivity index (χ1) is 14.1. The zero-order chi connectivity index (χ0) is 20.2. The second kappa shape index (κ2) is 8.68. The first kappa shape index (κ1) is 19.5. The van der Waals surface area contributed by atoms with Gasteiger partial charge >= 0.3 is 12.1 Å². The number of alkyl carbamates (subject to hydrolysis) is 1. The van der Waals surface area contributed by atoms with Crippen molar-refractivity contribution in [2.24, 2.45) is 5.92 Å². The summed E-state index contributed by atoms with van der Waals surface area (Å²) in [5.74, 6) is -0.402. The van der Waals surface area contributed by atoms with Gasteiger partial charge in [0.05, 0.1) is 6.42 Å². The number of rotatable bonds is 7. The number of nitrogens with one attached hydrogen (secondary N) is 1. The van der Waals surface area contributed by atoms with Gasteiger partial charge in [-0.05, 0) is 34.6 Å². The average Bonchev–Trinajstić information content (AvgIpc) is 3.32. The van der Waals surface area contributed by atoms with Crippen molar-refractivity contribution >= 4 is 12.1 Å². The predicted octanol–water partition coefficient (Wildman–Crippen LogP) is 4.95. The largest absolute Gasteiger partial charge is 0.481 e. The van der Waals surface area contributed by atoms with Gasteiger partial charge in [0.1, 0.15) is 6.61 Å². The highest BCUT2D eigenvalue weighted by Crippen LogP contribution is 2.44. The minimum atomic E-state index is -0.896. The van der Waals surface area contributed by atoms with Gasteiger partial charge in [0.15, 0.2) is 0 Å². The Morgan fingerprint density at radius 2 is 1.59 bits per heavy atom. The molecule has 0 saturated heterocycles. The van der Waals surface area contributed by atoms with Gasteiger partial charge in [-0.1, -0.05) is 74.2 Å². The molecule has 2 aromatic carbocycles. The van der Waals surface area contributed by atoms with Crippen LogP contribution in [0.5, 0.6) is 0 Å². The van der Waals surface area contributed by atoms with Crippen LogP contribution >= 0.6 is 0 Å². The Kier molecular flexibility index (Phi) is 5.84. The second-order valence-electron chi connectivity index (χ2n) is 8.15. The number of carboxylic acids is 1. The van der Waals surface area contributed by atoms with Gasteiger partial charge in [-0.25, -0.2) is 4.79 Å². The molecule has 0 bridgehead atoms. The quantitative estimate of drug-likeness (QED) is 0.698. The molecule has 0 radical (unpaired) electrons. The Bertz CT molecular complexity index is 842. The summed E-state index contributed by atoms with van der Waals surface area (Å²) in [6.07, 6.45) is 4.71. The van der Waals surface area contributed by atoms with E-state index in [-0.39, 0.29) is 25.0 Å². The molecule has 2 aliphatic carbocycles. The predicted molar refractivity (Wildman–Crippen MR) is 111 cm³/mol. The first-order valence-corrected chi connectivity index (χ1v) is 10.4. The Balaban J connectivity index is 1.40. The highest BCUT2D eigenvalue weighted by molar-refractivity contribution is 5.79. The lowest BCUT2D eigenvalue weighted by Crippen LogP contribution is -2.38. The molecule has 4 rings (SSSR count). The van der Waals surface area contributed by atoms with Crippen molar-refractivity contribution in [3.8, 4) is 11.1 Å². The molecule has 1 amide bonds. The van der Waals surface area contributed by atoms with E-state index in [1.54, 1.807) is 0 Å². The zero-order valence-corrected chi connectivity index (χ0v) is 16.5. The summed E-state index contributed by atoms with van der Waals surface area (Å²) in [5.41, 5.74) is 4.69. The molecule has 1 fully saturated rings. The lowest BCUT2D eigenvalue weighted by molar-refractivity contribution is -0.137. The number of carbonyl (C=O) groups is 2. The van der Waals surface area contributed by atoms with Crippen LogP contribution in [-0.4, -0.2) is 29.8 Å². The average molecular weight is 393 g/mol. The fourth-order valence-electron chi connectivity index (χ4n) is 4.86. The second-order valence-corrected chi connectivity index (χ2v) is 8.15. The van der Waals surface area contributed by atoms with Gasteiger partial charge in [-0.15, -0.1) is 0 Å². The smallest absolute Gasteiger partial charge is 0.407 e. The maximum atomic E-state index is 12.5. The molecule has 5 heteroatoms. The Hall–Kier alpha value is -2.82. The summed E-state index contributed by atoms with van der Waals surface area (Å²) in [6.45, 7) is 0.239. The van der Waals surface area contributed by atoms with E-state index in [2.05, 4.69) is 29.6 Å². The molecular weight excluding hydrogens is 366 g/mol. The summed E-state index contributed by atoms with van der Waals surface area (Å²) >= 11 is 0. The third kappa shape index (κ3) is 4.44. The molecule has 0 aliphatic heterocycles. The number of carbonyl (C=O) groups excluding carboxylic acids is 1. The lowest BCUT2D eigenvalue weighted by atomic mass is 9.96. The van der Waals surface area contributed by atoms with Crippen molar-refractivity contribution < 1.29 is 19.4 Å². The summed E-state index contributed by atoms with van der Waals surface area (Å²) < 4.78 is 5.57. The molecule has 1 saturated carbocycles. The number of ether oxygens (including phenoxy) is 1. The van der Waals surface area contributed by atoms with E-state index in [0.29, 0.717) is 12.3 Å². The number of aliphatic carboxylic acids is 1. The molecule has 0 aromatic heterocycles. The number of benzene rings is 2. The summed E-state index contributed by atoms with van der Waals surface area (Å²) in [5, 5.41) is 12.0. The fourth-order valence-corrected chi connectivity index (χ4v) is 4.86. The summed E-state index contributed by atoms with van der Waals surface area (Å²) in [7, 11) is 0. The van der Waals surface area contributed by atoms with E-state index in [1.165, 1.54) is 24.0 Å². The van der Waals surface area contributed by atoms with Crippen LogP contribution in [0.2, 0.25) is 0 Å². The third-order valence-corrected chi connectivity index (χ3v) is 6.18. The van der Waals surface area contributed by atoms with Crippen molar-refractivity contribution in [3.63, 3.8) is 0 Å². The van der Waals surface area contributed by atoms with Crippen LogP contribution in [0.4, 0.5) is 4.79 Å². The molecule has 0 heterocycles. The SMILES string of the molecule is O=C(O)C[C@H](CC1CCCC1)NC(=O)OCC1c2ccccc2-c2ccccc21. The van der Waals surface area contributed by atoms with E-state index in [0.717, 1.165) is 24.0 Å². The number of hydrogen-bond acceptors (Lipinski definition) is 3. The molecular formula is C24H27NO4. The maximum Gasteiger partial charge on any atom is 0.407 e. The molecule has 1 atom stereocenters. The first-order valence-electron chi connectivity index (χ1n) is 10.4. The molecule has 0 spiro atoms. The molecule has 0 unspecified atom stereocenters. The van der Waals surface area contributed by atoms with Crippen LogP contribution in [0.3, 0.4) is 0 Å². The van der Waals surface area contributed by atoms with E-state index >= 15 is 0 Å². The van der Waals surface area contributed by atoms with E-state index in [1.807, 2.05) is 24.3 Å². The zero-order valence-electron chi connectivity index (χ0n) is 16.5. The fraction of sp³-hybridized carbons (Fsp3) is 0.417. The third-order valence-electron chi connectivity index (χ3n) is 6.18. The Morgan fingerprint density at radius 3 is 2.17 bits per heavy atom. The number of amides is 1. The van der Waals surface area contributed by atoms with Crippen LogP contribution in [0.15, 0.2) is 48.5 Å². The monoisotopic (exact) mass is 393 g/mol. The van der Waals surface area contributed by atoms with Crippen molar-refractivity contribution in [1.29, 1.82) is 0 Å². The maximum absolute atomic E-state index is 12.5. The van der Waals surface area contributed by atoms with Gasteiger partial charge in [0.25, 0.3) is 0 Å². The lowest BCUT2D eigenvalue weighted by Gasteiger charge is -2.21. The molecule has 2 aromatic rings. The number of hydrogen-bond donors (Lipinski definition) is 2. The van der Waals surface area contributed by atoms with Gasteiger partial charge in [0, 0.05) is 12.0 Å². The minimum absolute atomic E-state index is 0.000839. The summed E-state index contributed by atoms with van der Waals surface area (Å²) in [6, 6.07) is 16.0. The van der Waals surface area contributed by atoms with Crippen molar-refractivity contribution in [1.82, 2.24) is 5.32 Å². The minimum Gasteiger partial charge on any atom is -0.481 e. The van der Waals surface area contributed by atoms with Crippen LogP contribution in [0, 0.1) is 5.92 Å².